The number of nitrogens with one attached hydrogen (secondary N) is 1. The second kappa shape index (κ2) is 9.93. The smallest absolute Gasteiger partial charge is 0.344 e. The van der Waals surface area contributed by atoms with Gasteiger partial charge in [-0.2, -0.15) is 0 Å². The summed E-state index contributed by atoms with van der Waals surface area (Å²) in [6.45, 7) is 9.70. The second-order valence-corrected chi connectivity index (χ2v) is 7.42. The SMILES string of the molecule is Cc1cccc(C(C)C)c1NC(=O)COC(=O)COc1ccc(C(C)C)cc1. The minimum Gasteiger partial charge on any atom is -0.482 e. The van der Waals surface area contributed by atoms with Gasteiger partial charge >= 0.3 is 5.97 Å². The molecule has 2 aromatic carbocycles. The third kappa shape index (κ3) is 6.12. The maximum Gasteiger partial charge on any atom is 0.344 e. The molecule has 5 heteroatoms. The van der Waals surface area contributed by atoms with E-state index in [0.717, 1.165) is 16.8 Å². The normalized spacial score (nSPS) is 10.8. The second-order valence-electron chi connectivity index (χ2n) is 7.42. The van der Waals surface area contributed by atoms with Crippen molar-refractivity contribution in [2.75, 3.05) is 18.5 Å². The molecule has 0 aliphatic rings. The molecule has 0 unspecified atom stereocenters. The Labute approximate surface area is 167 Å². The lowest BCUT2D eigenvalue weighted by atomic mass is 9.98. The van der Waals surface area contributed by atoms with Crippen molar-refractivity contribution < 1.29 is 19.1 Å². The topological polar surface area (TPSA) is 64.6 Å². The van der Waals surface area contributed by atoms with Crippen molar-refractivity contribution >= 4 is 17.6 Å². The van der Waals surface area contributed by atoms with Crippen LogP contribution in [0.1, 0.15) is 56.2 Å². The third-order valence-electron chi connectivity index (χ3n) is 4.46. The fourth-order valence-corrected chi connectivity index (χ4v) is 2.80. The molecular formula is C23H29NO4. The zero-order valence-corrected chi connectivity index (χ0v) is 17.2. The molecule has 0 aliphatic carbocycles. The highest BCUT2D eigenvalue weighted by molar-refractivity contribution is 5.94. The van der Waals surface area contributed by atoms with Crippen LogP contribution in [0.2, 0.25) is 0 Å². The summed E-state index contributed by atoms with van der Waals surface area (Å²) in [5.74, 6) is 0.338. The fraction of sp³-hybridized carbons (Fsp3) is 0.391. The zero-order chi connectivity index (χ0) is 20.7. The van der Waals surface area contributed by atoms with E-state index in [0.29, 0.717) is 11.7 Å². The third-order valence-corrected chi connectivity index (χ3v) is 4.46. The molecule has 0 radical (unpaired) electrons. The van der Waals surface area contributed by atoms with Gasteiger partial charge in [0.25, 0.3) is 5.91 Å². The molecule has 1 amide bonds. The monoisotopic (exact) mass is 383 g/mol. The Bertz CT molecular complexity index is 810. The lowest BCUT2D eigenvalue weighted by Gasteiger charge is -2.16. The summed E-state index contributed by atoms with van der Waals surface area (Å²) in [4.78, 5) is 24.1. The van der Waals surface area contributed by atoms with Crippen LogP contribution in [0.3, 0.4) is 0 Å². The number of hydrogen-bond acceptors (Lipinski definition) is 4. The minimum absolute atomic E-state index is 0.240. The molecule has 2 rings (SSSR count). The van der Waals surface area contributed by atoms with E-state index in [9.17, 15) is 9.59 Å². The van der Waals surface area contributed by atoms with Gasteiger partial charge in [-0.1, -0.05) is 58.0 Å². The maximum atomic E-state index is 12.2. The van der Waals surface area contributed by atoms with Crippen molar-refractivity contribution in [1.82, 2.24) is 0 Å². The lowest BCUT2D eigenvalue weighted by molar-refractivity contribution is -0.149. The quantitative estimate of drug-likeness (QED) is 0.665. The first kappa shape index (κ1) is 21.5. The van der Waals surface area contributed by atoms with E-state index in [1.54, 1.807) is 0 Å². The van der Waals surface area contributed by atoms with Crippen LogP contribution >= 0.6 is 0 Å². The highest BCUT2D eigenvalue weighted by atomic mass is 16.6. The Hall–Kier alpha value is -2.82. The van der Waals surface area contributed by atoms with E-state index in [1.807, 2.05) is 49.4 Å². The van der Waals surface area contributed by atoms with Crippen molar-refractivity contribution in [3.63, 3.8) is 0 Å². The van der Waals surface area contributed by atoms with E-state index in [-0.39, 0.29) is 25.0 Å². The molecule has 0 saturated carbocycles. The fourth-order valence-electron chi connectivity index (χ4n) is 2.80. The number of benzene rings is 2. The summed E-state index contributed by atoms with van der Waals surface area (Å²) < 4.78 is 10.4. The first-order valence-corrected chi connectivity index (χ1v) is 9.55. The van der Waals surface area contributed by atoms with Gasteiger partial charge in [0.15, 0.2) is 13.2 Å². The summed E-state index contributed by atoms with van der Waals surface area (Å²) >= 11 is 0. The summed E-state index contributed by atoms with van der Waals surface area (Å²) in [6.07, 6.45) is 0. The summed E-state index contributed by atoms with van der Waals surface area (Å²) in [6, 6.07) is 13.5. The van der Waals surface area contributed by atoms with Crippen molar-refractivity contribution in [3.8, 4) is 5.75 Å². The molecule has 0 spiro atoms. The van der Waals surface area contributed by atoms with Crippen LogP contribution in [0.15, 0.2) is 42.5 Å². The molecule has 0 bridgehead atoms. The summed E-state index contributed by atoms with van der Waals surface area (Å²) in [5.41, 5.74) is 4.00. The first-order chi connectivity index (χ1) is 13.3. The summed E-state index contributed by atoms with van der Waals surface area (Å²) in [5, 5.41) is 2.85. The zero-order valence-electron chi connectivity index (χ0n) is 17.2. The van der Waals surface area contributed by atoms with E-state index in [4.69, 9.17) is 9.47 Å². The number of aryl methyl sites for hydroxylation is 1. The molecule has 1 N–H and O–H groups in total. The number of anilines is 1. The first-order valence-electron chi connectivity index (χ1n) is 9.55. The van der Waals surface area contributed by atoms with Gasteiger partial charge in [-0.15, -0.1) is 0 Å². The Balaban J connectivity index is 1.82. The Morgan fingerprint density at radius 1 is 0.929 bits per heavy atom. The van der Waals surface area contributed by atoms with Crippen LogP contribution in [0.4, 0.5) is 5.69 Å². The molecule has 0 fully saturated rings. The molecule has 0 atom stereocenters. The van der Waals surface area contributed by atoms with Gasteiger partial charge in [0.1, 0.15) is 5.75 Å². The number of carbonyl (C=O) groups excluding carboxylic acids is 2. The highest BCUT2D eigenvalue weighted by Gasteiger charge is 2.14. The number of amides is 1. The van der Waals surface area contributed by atoms with Crippen LogP contribution in [0.5, 0.6) is 5.75 Å². The maximum absolute atomic E-state index is 12.2. The molecule has 28 heavy (non-hydrogen) atoms. The van der Waals surface area contributed by atoms with Crippen LogP contribution in [0.25, 0.3) is 0 Å². The number of carbonyl (C=O) groups is 2. The number of ether oxygens (including phenoxy) is 2. The standard InChI is InChI=1S/C23H29NO4/c1-15(2)18-9-11-19(12-10-18)27-14-22(26)28-13-21(25)24-23-17(5)7-6-8-20(23)16(3)4/h6-12,15-16H,13-14H2,1-5H3,(H,24,25). The van der Waals surface area contributed by atoms with Gasteiger partial charge in [0.05, 0.1) is 0 Å². The highest BCUT2D eigenvalue weighted by Crippen LogP contribution is 2.27. The van der Waals surface area contributed by atoms with Gasteiger partial charge in [-0.05, 0) is 47.6 Å². The largest absolute Gasteiger partial charge is 0.482 e. The van der Waals surface area contributed by atoms with E-state index in [1.165, 1.54) is 5.56 Å². The van der Waals surface area contributed by atoms with Gasteiger partial charge < -0.3 is 14.8 Å². The molecule has 2 aromatic rings. The molecule has 150 valence electrons. The van der Waals surface area contributed by atoms with Crippen molar-refractivity contribution in [3.05, 3.63) is 59.2 Å². The lowest BCUT2D eigenvalue weighted by Crippen LogP contribution is -2.24. The van der Waals surface area contributed by atoms with Gasteiger partial charge in [-0.3, -0.25) is 4.79 Å². The van der Waals surface area contributed by atoms with E-state index >= 15 is 0 Å². The predicted molar refractivity (Wildman–Crippen MR) is 111 cm³/mol. The van der Waals surface area contributed by atoms with Crippen LogP contribution in [0, 0.1) is 6.92 Å². The number of para-hydroxylation sites is 1. The predicted octanol–water partition coefficient (Wildman–Crippen LogP) is 4.80. The van der Waals surface area contributed by atoms with Gasteiger partial charge in [-0.25, -0.2) is 4.79 Å². The molecule has 5 nitrogen and oxygen atoms in total. The minimum atomic E-state index is -0.586. The van der Waals surface area contributed by atoms with E-state index in [2.05, 4.69) is 33.0 Å². The number of esters is 1. The number of hydrogen-bond donors (Lipinski definition) is 1. The number of rotatable bonds is 8. The Morgan fingerprint density at radius 2 is 1.61 bits per heavy atom. The van der Waals surface area contributed by atoms with Gasteiger partial charge in [0, 0.05) is 5.69 Å². The van der Waals surface area contributed by atoms with Crippen molar-refractivity contribution in [2.45, 2.75) is 46.5 Å². The average molecular weight is 383 g/mol. The Kier molecular flexibility index (Phi) is 7.61. The molecular weight excluding hydrogens is 354 g/mol. The molecule has 0 heterocycles. The van der Waals surface area contributed by atoms with Crippen LogP contribution in [-0.4, -0.2) is 25.1 Å². The molecule has 0 aromatic heterocycles. The van der Waals surface area contributed by atoms with E-state index < -0.39 is 5.97 Å². The van der Waals surface area contributed by atoms with Crippen molar-refractivity contribution in [2.24, 2.45) is 0 Å². The molecule has 0 saturated heterocycles. The average Bonchev–Trinajstić information content (AvgIpc) is 2.66. The van der Waals surface area contributed by atoms with Crippen LogP contribution < -0.4 is 10.1 Å². The Morgan fingerprint density at radius 3 is 2.21 bits per heavy atom. The van der Waals surface area contributed by atoms with Crippen LogP contribution in [-0.2, 0) is 14.3 Å². The van der Waals surface area contributed by atoms with Gasteiger partial charge in [0.2, 0.25) is 0 Å². The van der Waals surface area contributed by atoms with Crippen molar-refractivity contribution in [1.29, 1.82) is 0 Å². The molecule has 0 aliphatic heterocycles. The summed E-state index contributed by atoms with van der Waals surface area (Å²) in [7, 11) is 0.